The molecule has 0 spiro atoms. The van der Waals surface area contributed by atoms with Gasteiger partial charge < -0.3 is 15.0 Å². The fraction of sp³-hybridized carbons (Fsp3) is 0.571. The van der Waals surface area contributed by atoms with E-state index in [1.54, 1.807) is 24.3 Å². The van der Waals surface area contributed by atoms with Crippen molar-refractivity contribution in [1.29, 1.82) is 0 Å². The second kappa shape index (κ2) is 6.52. The van der Waals surface area contributed by atoms with Crippen LogP contribution in [0.25, 0.3) is 0 Å². The molecule has 2 rings (SSSR count). The molecule has 1 fully saturated rings. The molecule has 5 nitrogen and oxygen atoms in total. The van der Waals surface area contributed by atoms with E-state index in [0.29, 0.717) is 6.54 Å². The topological polar surface area (TPSA) is 54.5 Å². The number of hydrogen-bond acceptors (Lipinski definition) is 3. The van der Waals surface area contributed by atoms with Crippen molar-refractivity contribution in [2.45, 2.75) is 32.3 Å². The van der Waals surface area contributed by atoms with Crippen molar-refractivity contribution in [3.63, 3.8) is 0 Å². The lowest BCUT2D eigenvalue weighted by Crippen LogP contribution is -2.39. The number of urea groups is 1. The fourth-order valence-corrected chi connectivity index (χ4v) is 2.18. The number of anilines is 1. The Morgan fingerprint density at radius 2 is 2.37 bits per heavy atom. The van der Waals surface area contributed by atoms with Crippen LogP contribution in [-0.2, 0) is 4.74 Å². The molecule has 1 aromatic heterocycles. The molecule has 1 aromatic rings. The lowest BCUT2D eigenvalue weighted by molar-refractivity contribution is 0.00463. The summed E-state index contributed by atoms with van der Waals surface area (Å²) in [7, 11) is 1.79. The predicted molar refractivity (Wildman–Crippen MR) is 74.2 cm³/mol. The minimum absolute atomic E-state index is 0.124. The molecule has 1 aliphatic heterocycles. The van der Waals surface area contributed by atoms with E-state index in [2.05, 4.69) is 10.3 Å². The first-order valence-electron chi connectivity index (χ1n) is 6.70. The number of likely N-dealkylation sites (N-methyl/N-ethyl adjacent to an activating group) is 1. The molecule has 0 radical (unpaired) electrons. The van der Waals surface area contributed by atoms with Gasteiger partial charge in [-0.3, -0.25) is 4.98 Å². The van der Waals surface area contributed by atoms with Crippen molar-refractivity contribution >= 4 is 11.7 Å². The van der Waals surface area contributed by atoms with E-state index in [1.807, 2.05) is 13.0 Å². The highest BCUT2D eigenvalue weighted by atomic mass is 16.5. The van der Waals surface area contributed by atoms with E-state index < -0.39 is 0 Å². The van der Waals surface area contributed by atoms with Gasteiger partial charge in [0.15, 0.2) is 0 Å². The number of nitrogens with zero attached hydrogens (tertiary/aromatic N) is 2. The number of hydrogen-bond donors (Lipinski definition) is 1. The second-order valence-corrected chi connectivity index (χ2v) is 5.05. The SMILES string of the molecule is Cc1cncc(NC(=O)N(C)C[C@@H]2CCCCO2)c1. The van der Waals surface area contributed by atoms with Gasteiger partial charge in [0.25, 0.3) is 0 Å². The van der Waals surface area contributed by atoms with Crippen LogP contribution < -0.4 is 5.32 Å². The number of aromatic nitrogens is 1. The maximum absolute atomic E-state index is 12.0. The Balaban J connectivity index is 1.84. The molecule has 0 aromatic carbocycles. The van der Waals surface area contributed by atoms with Crippen LogP contribution in [0.2, 0.25) is 0 Å². The van der Waals surface area contributed by atoms with Crippen LogP contribution >= 0.6 is 0 Å². The van der Waals surface area contributed by atoms with Crippen molar-refractivity contribution in [2.24, 2.45) is 0 Å². The number of ether oxygens (including phenoxy) is 1. The Morgan fingerprint density at radius 3 is 3.05 bits per heavy atom. The normalized spacial score (nSPS) is 18.9. The molecule has 2 heterocycles. The zero-order valence-electron chi connectivity index (χ0n) is 11.6. The number of carbonyl (C=O) groups is 1. The summed E-state index contributed by atoms with van der Waals surface area (Å²) in [5.74, 6) is 0. The highest BCUT2D eigenvalue weighted by Gasteiger charge is 2.18. The molecule has 19 heavy (non-hydrogen) atoms. The summed E-state index contributed by atoms with van der Waals surface area (Å²) in [5.41, 5.74) is 1.75. The molecule has 0 aliphatic carbocycles. The number of rotatable bonds is 3. The molecule has 5 heteroatoms. The van der Waals surface area contributed by atoms with Crippen LogP contribution in [0.4, 0.5) is 10.5 Å². The Bertz CT molecular complexity index is 430. The standard InChI is InChI=1S/C14H21N3O2/c1-11-7-12(9-15-8-11)16-14(18)17(2)10-13-5-3-4-6-19-13/h7-9,13H,3-6,10H2,1-2H3,(H,16,18)/t13-/m0/s1. The lowest BCUT2D eigenvalue weighted by Gasteiger charge is -2.27. The Morgan fingerprint density at radius 1 is 1.53 bits per heavy atom. The van der Waals surface area contributed by atoms with Gasteiger partial charge in [0, 0.05) is 26.4 Å². The van der Waals surface area contributed by atoms with Crippen LogP contribution in [0.1, 0.15) is 24.8 Å². The minimum atomic E-state index is -0.124. The van der Waals surface area contributed by atoms with Crippen molar-refractivity contribution in [3.05, 3.63) is 24.0 Å². The molecular formula is C14H21N3O2. The molecule has 1 aliphatic rings. The van der Waals surface area contributed by atoms with E-state index in [1.165, 1.54) is 6.42 Å². The summed E-state index contributed by atoms with van der Waals surface area (Å²) in [5, 5.41) is 2.84. The number of amides is 2. The highest BCUT2D eigenvalue weighted by molar-refractivity contribution is 5.89. The molecule has 1 atom stereocenters. The summed E-state index contributed by atoms with van der Waals surface area (Å²) >= 11 is 0. The Hall–Kier alpha value is -1.62. The zero-order valence-corrected chi connectivity index (χ0v) is 11.6. The smallest absolute Gasteiger partial charge is 0.321 e. The van der Waals surface area contributed by atoms with Crippen LogP contribution in [0.5, 0.6) is 0 Å². The van der Waals surface area contributed by atoms with Crippen molar-refractivity contribution in [3.8, 4) is 0 Å². The maximum atomic E-state index is 12.0. The van der Waals surface area contributed by atoms with E-state index >= 15 is 0 Å². The quantitative estimate of drug-likeness (QED) is 0.911. The summed E-state index contributed by atoms with van der Waals surface area (Å²) in [6.45, 7) is 3.38. The van der Waals surface area contributed by atoms with Crippen molar-refractivity contribution in [2.75, 3.05) is 25.5 Å². The Labute approximate surface area is 114 Å². The molecule has 1 saturated heterocycles. The first-order valence-corrected chi connectivity index (χ1v) is 6.70. The average molecular weight is 263 g/mol. The Kier molecular flexibility index (Phi) is 4.74. The molecule has 1 N–H and O–H groups in total. The second-order valence-electron chi connectivity index (χ2n) is 5.05. The van der Waals surface area contributed by atoms with Crippen LogP contribution in [0.15, 0.2) is 18.5 Å². The zero-order chi connectivity index (χ0) is 13.7. The van der Waals surface area contributed by atoms with Gasteiger partial charge in [-0.2, -0.15) is 0 Å². The van der Waals surface area contributed by atoms with E-state index in [0.717, 1.165) is 30.7 Å². The van der Waals surface area contributed by atoms with Crippen LogP contribution in [-0.4, -0.2) is 42.2 Å². The van der Waals surface area contributed by atoms with Gasteiger partial charge in [-0.25, -0.2) is 4.79 Å². The molecule has 0 unspecified atom stereocenters. The summed E-state index contributed by atoms with van der Waals surface area (Å²) in [6.07, 6.45) is 6.91. The highest BCUT2D eigenvalue weighted by Crippen LogP contribution is 2.14. The fourth-order valence-electron chi connectivity index (χ4n) is 2.18. The predicted octanol–water partition coefficient (Wildman–Crippen LogP) is 2.42. The number of aryl methyl sites for hydroxylation is 1. The third-order valence-corrected chi connectivity index (χ3v) is 3.22. The molecule has 0 saturated carbocycles. The van der Waals surface area contributed by atoms with Gasteiger partial charge in [0.1, 0.15) is 0 Å². The summed E-state index contributed by atoms with van der Waals surface area (Å²) in [6, 6.07) is 1.78. The first-order chi connectivity index (χ1) is 9.15. The number of nitrogens with one attached hydrogen (secondary N) is 1. The molecule has 0 bridgehead atoms. The average Bonchev–Trinajstić information content (AvgIpc) is 2.40. The van der Waals surface area contributed by atoms with Gasteiger partial charge in [-0.05, 0) is 37.8 Å². The van der Waals surface area contributed by atoms with Gasteiger partial charge >= 0.3 is 6.03 Å². The van der Waals surface area contributed by atoms with Crippen LogP contribution in [0.3, 0.4) is 0 Å². The molecule has 2 amide bonds. The molecule has 104 valence electrons. The van der Waals surface area contributed by atoms with E-state index in [4.69, 9.17) is 4.74 Å². The maximum Gasteiger partial charge on any atom is 0.321 e. The largest absolute Gasteiger partial charge is 0.376 e. The van der Waals surface area contributed by atoms with E-state index in [9.17, 15) is 4.79 Å². The van der Waals surface area contributed by atoms with Gasteiger partial charge in [0.05, 0.1) is 18.0 Å². The van der Waals surface area contributed by atoms with Crippen molar-refractivity contribution < 1.29 is 9.53 Å². The van der Waals surface area contributed by atoms with Gasteiger partial charge in [-0.15, -0.1) is 0 Å². The number of pyridine rings is 1. The van der Waals surface area contributed by atoms with Crippen molar-refractivity contribution in [1.82, 2.24) is 9.88 Å². The lowest BCUT2D eigenvalue weighted by atomic mass is 10.1. The van der Waals surface area contributed by atoms with Crippen LogP contribution in [0, 0.1) is 6.92 Å². The minimum Gasteiger partial charge on any atom is -0.376 e. The van der Waals surface area contributed by atoms with Gasteiger partial charge in [0.2, 0.25) is 0 Å². The van der Waals surface area contributed by atoms with Gasteiger partial charge in [-0.1, -0.05) is 0 Å². The third-order valence-electron chi connectivity index (χ3n) is 3.22. The first kappa shape index (κ1) is 13.8. The monoisotopic (exact) mass is 263 g/mol. The number of carbonyl (C=O) groups excluding carboxylic acids is 1. The third kappa shape index (κ3) is 4.21. The molecular weight excluding hydrogens is 242 g/mol. The summed E-state index contributed by atoms with van der Waals surface area (Å²) < 4.78 is 5.63. The van der Waals surface area contributed by atoms with E-state index in [-0.39, 0.29) is 12.1 Å². The summed E-state index contributed by atoms with van der Waals surface area (Å²) in [4.78, 5) is 17.7.